The summed E-state index contributed by atoms with van der Waals surface area (Å²) in [7, 11) is 0. The number of nitrogens with one attached hydrogen (secondary N) is 2. The maximum absolute atomic E-state index is 14.2. The van der Waals surface area contributed by atoms with Crippen molar-refractivity contribution in [2.24, 2.45) is 17.8 Å². The van der Waals surface area contributed by atoms with Gasteiger partial charge in [-0.2, -0.15) is 0 Å². The Hall–Kier alpha value is -2.84. The highest BCUT2D eigenvalue weighted by molar-refractivity contribution is 8.02. The van der Waals surface area contributed by atoms with E-state index in [4.69, 9.17) is 5.11 Å². The van der Waals surface area contributed by atoms with E-state index in [2.05, 4.69) is 17.6 Å². The number of nitrogens with zero attached hydrogens (tertiary/aromatic N) is 1. The Balaban J connectivity index is 1.47. The smallest absolute Gasteiger partial charge is 0.248 e. The third-order valence-corrected chi connectivity index (χ3v) is 11.0. The van der Waals surface area contributed by atoms with Crippen LogP contribution in [0, 0.1) is 31.6 Å². The minimum atomic E-state index is -0.647. The number of amides is 3. The number of thioether (sulfide) groups is 1. The van der Waals surface area contributed by atoms with E-state index < -0.39 is 22.6 Å². The van der Waals surface area contributed by atoms with Crippen molar-refractivity contribution in [2.75, 3.05) is 23.8 Å². The van der Waals surface area contributed by atoms with Gasteiger partial charge in [0.15, 0.2) is 0 Å². The average Bonchev–Trinajstić information content (AvgIpc) is 3.50. The Bertz CT molecular complexity index is 1220. The van der Waals surface area contributed by atoms with Crippen molar-refractivity contribution in [3.8, 4) is 0 Å². The van der Waals surface area contributed by atoms with E-state index in [1.54, 1.807) is 16.7 Å². The van der Waals surface area contributed by atoms with Gasteiger partial charge in [-0.25, -0.2) is 0 Å². The van der Waals surface area contributed by atoms with Crippen LogP contribution in [-0.4, -0.2) is 56.9 Å². The number of fused-ring (bicyclic) bond motifs is 1. The molecule has 7 nitrogen and oxygen atoms in total. The molecule has 3 saturated heterocycles. The summed E-state index contributed by atoms with van der Waals surface area (Å²) in [5.41, 5.74) is 3.47. The fraction of sp³-hybridized carbons (Fsp3) is 0.516. The van der Waals surface area contributed by atoms with E-state index in [-0.39, 0.29) is 35.5 Å². The number of para-hydroxylation sites is 2. The molecular formula is C31H39N3O4S. The fourth-order valence-corrected chi connectivity index (χ4v) is 9.48. The number of hydrogen-bond acceptors (Lipinski definition) is 5. The van der Waals surface area contributed by atoms with Crippen molar-refractivity contribution in [3.05, 3.63) is 59.7 Å². The van der Waals surface area contributed by atoms with Gasteiger partial charge in [0.05, 0.1) is 16.6 Å². The first-order valence-electron chi connectivity index (χ1n) is 14.1. The number of likely N-dealkylation sites (tertiary alicyclic amines) is 1. The van der Waals surface area contributed by atoms with E-state index in [9.17, 15) is 14.4 Å². The lowest BCUT2D eigenvalue weighted by Gasteiger charge is -2.38. The van der Waals surface area contributed by atoms with Crippen LogP contribution in [0.3, 0.4) is 0 Å². The number of anilines is 2. The first-order chi connectivity index (χ1) is 18.8. The van der Waals surface area contributed by atoms with Gasteiger partial charge in [0.25, 0.3) is 0 Å². The number of aliphatic hydroxyl groups is 1. The normalized spacial score (nSPS) is 29.0. The Labute approximate surface area is 235 Å². The zero-order valence-electron chi connectivity index (χ0n) is 23.0. The van der Waals surface area contributed by atoms with Gasteiger partial charge in [0.1, 0.15) is 6.04 Å². The predicted molar refractivity (Wildman–Crippen MR) is 156 cm³/mol. The molecule has 3 aliphatic rings. The van der Waals surface area contributed by atoms with E-state index in [1.165, 1.54) is 0 Å². The predicted octanol–water partition coefficient (Wildman–Crippen LogP) is 4.77. The second kappa shape index (κ2) is 11.3. The summed E-state index contributed by atoms with van der Waals surface area (Å²) in [5, 5.41) is 15.4. The van der Waals surface area contributed by atoms with Crippen molar-refractivity contribution in [3.63, 3.8) is 0 Å². The number of hydrogen-bond donors (Lipinski definition) is 3. The summed E-state index contributed by atoms with van der Waals surface area (Å²) in [4.78, 5) is 43.9. The number of benzene rings is 2. The van der Waals surface area contributed by atoms with Crippen LogP contribution < -0.4 is 10.6 Å². The third kappa shape index (κ3) is 4.86. The molecule has 0 saturated carbocycles. The van der Waals surface area contributed by atoms with Crippen LogP contribution in [-0.2, 0) is 14.4 Å². The summed E-state index contributed by atoms with van der Waals surface area (Å²) in [6.07, 6.45) is 4.04. The molecule has 2 aromatic carbocycles. The van der Waals surface area contributed by atoms with Crippen molar-refractivity contribution < 1.29 is 19.5 Å². The highest BCUT2D eigenvalue weighted by atomic mass is 32.2. The average molecular weight is 550 g/mol. The maximum Gasteiger partial charge on any atom is 0.248 e. The molecule has 3 aliphatic heterocycles. The fourth-order valence-electron chi connectivity index (χ4n) is 7.06. The lowest BCUT2D eigenvalue weighted by molar-refractivity contribution is -0.138. The molecule has 0 aliphatic carbocycles. The van der Waals surface area contributed by atoms with Crippen molar-refractivity contribution in [2.45, 2.75) is 68.9 Å². The van der Waals surface area contributed by atoms with Gasteiger partial charge in [-0.1, -0.05) is 56.2 Å². The van der Waals surface area contributed by atoms with Crippen LogP contribution in [0.25, 0.3) is 0 Å². The van der Waals surface area contributed by atoms with Gasteiger partial charge >= 0.3 is 0 Å². The lowest BCUT2D eigenvalue weighted by Crippen LogP contribution is -2.55. The molecule has 39 heavy (non-hydrogen) atoms. The number of aryl methyl sites for hydroxylation is 2. The van der Waals surface area contributed by atoms with Crippen LogP contribution in [0.5, 0.6) is 0 Å². The van der Waals surface area contributed by atoms with Crippen LogP contribution in [0.1, 0.15) is 50.2 Å². The van der Waals surface area contributed by atoms with Gasteiger partial charge < -0.3 is 20.6 Å². The SMILES string of the molecule is Cc1cccc(C)c1NC(=O)C1N(CCCCCCO)C(=O)[C@@H]2[C@@H](C(=O)Nc3ccccc3)[C@H]3CC(C)C12S3. The second-order valence-electron chi connectivity index (χ2n) is 11.3. The molecule has 1 spiro atoms. The Morgan fingerprint density at radius 3 is 2.36 bits per heavy atom. The van der Waals surface area contributed by atoms with Gasteiger partial charge in [-0.05, 0) is 62.3 Å². The highest BCUT2D eigenvalue weighted by Gasteiger charge is 2.75. The summed E-state index contributed by atoms with van der Waals surface area (Å²) in [5.74, 6) is -1.27. The zero-order chi connectivity index (χ0) is 27.7. The highest BCUT2D eigenvalue weighted by Crippen LogP contribution is 2.68. The second-order valence-corrected chi connectivity index (χ2v) is 12.9. The molecule has 0 radical (unpaired) electrons. The molecule has 0 aromatic heterocycles. The molecule has 6 atom stereocenters. The maximum atomic E-state index is 14.2. The molecule has 3 unspecified atom stereocenters. The van der Waals surface area contributed by atoms with Crippen LogP contribution in [0.15, 0.2) is 48.5 Å². The number of unbranched alkanes of at least 4 members (excludes halogenated alkanes) is 3. The van der Waals surface area contributed by atoms with Crippen LogP contribution in [0.2, 0.25) is 0 Å². The quantitative estimate of drug-likeness (QED) is 0.371. The molecular weight excluding hydrogens is 510 g/mol. The Morgan fingerprint density at radius 2 is 1.67 bits per heavy atom. The van der Waals surface area contributed by atoms with Gasteiger partial charge in [-0.15, -0.1) is 11.8 Å². The lowest BCUT2D eigenvalue weighted by atomic mass is 9.66. The third-order valence-electron chi connectivity index (χ3n) is 8.87. The molecule has 5 rings (SSSR count). The zero-order valence-corrected chi connectivity index (χ0v) is 23.8. The molecule has 3 heterocycles. The van der Waals surface area contributed by atoms with Gasteiger partial charge in [0.2, 0.25) is 17.7 Å². The van der Waals surface area contributed by atoms with Crippen LogP contribution in [0.4, 0.5) is 11.4 Å². The number of aliphatic hydroxyl groups excluding tert-OH is 1. The van der Waals surface area contributed by atoms with E-state index in [1.807, 2.05) is 62.4 Å². The first kappa shape index (κ1) is 27.7. The Kier molecular flexibility index (Phi) is 8.06. The molecule has 8 heteroatoms. The first-order valence-corrected chi connectivity index (χ1v) is 15.0. The molecule has 2 bridgehead atoms. The van der Waals surface area contributed by atoms with E-state index >= 15 is 0 Å². The molecule has 2 aromatic rings. The van der Waals surface area contributed by atoms with Crippen LogP contribution >= 0.6 is 11.8 Å². The monoisotopic (exact) mass is 549 g/mol. The van der Waals surface area contributed by atoms with Crippen molar-refractivity contribution in [1.29, 1.82) is 0 Å². The van der Waals surface area contributed by atoms with E-state index in [0.29, 0.717) is 12.2 Å². The van der Waals surface area contributed by atoms with E-state index in [0.717, 1.165) is 48.9 Å². The van der Waals surface area contributed by atoms with Gasteiger partial charge in [-0.3, -0.25) is 14.4 Å². The summed E-state index contributed by atoms with van der Waals surface area (Å²) < 4.78 is -0.647. The van der Waals surface area contributed by atoms with Crippen molar-refractivity contribution in [1.82, 2.24) is 4.90 Å². The number of carbonyl (C=O) groups excluding carboxylic acids is 3. The molecule has 3 fully saturated rings. The standard InChI is InChI=1S/C31H39N3O4S/c1-19-12-11-13-20(2)26(19)33-29(37)27-31-21(3)18-23(39-31)24(28(36)32-22-14-7-6-8-15-22)25(31)30(38)34(27)16-9-4-5-10-17-35/h6-8,11-15,21,23-25,27,35H,4-5,9-10,16-18H2,1-3H3,(H,32,36)(H,33,37)/t21?,23-,24+,25+,27?,31?/m1/s1. The van der Waals surface area contributed by atoms with Crippen molar-refractivity contribution >= 4 is 40.9 Å². The largest absolute Gasteiger partial charge is 0.396 e. The molecule has 3 N–H and O–H groups in total. The minimum absolute atomic E-state index is 0.000126. The Morgan fingerprint density at radius 1 is 0.974 bits per heavy atom. The number of carbonyl (C=O) groups is 3. The molecule has 3 amide bonds. The number of rotatable bonds is 10. The topological polar surface area (TPSA) is 98.7 Å². The summed E-state index contributed by atoms with van der Waals surface area (Å²) in [6.45, 7) is 6.72. The molecule has 208 valence electrons. The summed E-state index contributed by atoms with van der Waals surface area (Å²) in [6, 6.07) is 14.6. The van der Waals surface area contributed by atoms with Gasteiger partial charge in [0, 0.05) is 29.8 Å². The minimum Gasteiger partial charge on any atom is -0.396 e. The summed E-state index contributed by atoms with van der Waals surface area (Å²) >= 11 is 1.70.